The van der Waals surface area contributed by atoms with Gasteiger partial charge in [-0.1, -0.05) is 20.3 Å². The zero-order valence-electron chi connectivity index (χ0n) is 31.1. The molecular weight excluding hydrogens is 696 g/mol. The van der Waals surface area contributed by atoms with Crippen LogP contribution in [0.3, 0.4) is 0 Å². The number of hydrogen-bond donors (Lipinski definition) is 8. The molecule has 0 spiro atoms. The first kappa shape index (κ1) is 43.0. The number of aliphatic carboxylic acids is 1. The van der Waals surface area contributed by atoms with E-state index in [2.05, 4.69) is 21.3 Å². The van der Waals surface area contributed by atoms with E-state index in [1.165, 1.54) is 35.5 Å². The Morgan fingerprint density at radius 3 is 1.64 bits per heavy atom. The normalized spacial score (nSPS) is 23.9. The van der Waals surface area contributed by atoms with Crippen molar-refractivity contribution in [1.82, 2.24) is 36.0 Å². The van der Waals surface area contributed by atoms with Gasteiger partial charge in [-0.25, -0.2) is 4.79 Å². The molecule has 3 saturated heterocycles. The van der Waals surface area contributed by atoms with Gasteiger partial charge in [0.05, 0.1) is 12.7 Å². The molecule has 0 saturated carbocycles. The molecule has 0 unspecified atom stereocenters. The third-order valence-corrected chi connectivity index (χ3v) is 10.4. The number of amides is 7. The minimum absolute atomic E-state index is 0.207. The molecule has 7 amide bonds. The molecule has 298 valence electrons. The number of aliphatic hydroxyl groups is 2. The quantitative estimate of drug-likeness (QED) is 0.0773. The summed E-state index contributed by atoms with van der Waals surface area (Å²) in [5, 5.41) is 39.2. The highest BCUT2D eigenvalue weighted by atomic mass is 16.4. The molecule has 0 aliphatic carbocycles. The number of carbonyl (C=O) groups is 8. The van der Waals surface area contributed by atoms with Crippen LogP contribution in [0.4, 0.5) is 0 Å². The molecule has 3 aliphatic rings. The van der Waals surface area contributed by atoms with Crippen LogP contribution in [0.15, 0.2) is 0 Å². The Labute approximate surface area is 308 Å². The van der Waals surface area contributed by atoms with Crippen molar-refractivity contribution in [3.8, 4) is 0 Å². The summed E-state index contributed by atoms with van der Waals surface area (Å²) in [6.07, 6.45) is 1.71. The summed E-state index contributed by atoms with van der Waals surface area (Å²) in [4.78, 5) is 108. The number of carboxylic acid groups (broad SMARTS) is 1. The molecule has 3 heterocycles. The van der Waals surface area contributed by atoms with Gasteiger partial charge in [-0.3, -0.25) is 33.6 Å². The van der Waals surface area contributed by atoms with E-state index in [-0.39, 0.29) is 32.0 Å². The van der Waals surface area contributed by atoms with Crippen molar-refractivity contribution in [2.45, 2.75) is 134 Å². The summed E-state index contributed by atoms with van der Waals surface area (Å²) in [5.41, 5.74) is 5.66. The van der Waals surface area contributed by atoms with Gasteiger partial charge in [0.25, 0.3) is 0 Å². The predicted molar refractivity (Wildman–Crippen MR) is 187 cm³/mol. The Morgan fingerprint density at radius 1 is 0.698 bits per heavy atom. The lowest BCUT2D eigenvalue weighted by Gasteiger charge is -2.33. The summed E-state index contributed by atoms with van der Waals surface area (Å²) in [5.74, 6) is -6.05. The number of likely N-dealkylation sites (tertiary alicyclic amines) is 3. The van der Waals surface area contributed by atoms with E-state index in [0.29, 0.717) is 38.5 Å². The first-order chi connectivity index (χ1) is 24.9. The SMILES string of the molecule is CC[C@H](C)[C@H](NC(=O)[C@@H]1CCCN1C(=O)[C@H](C)NC(=O)[C@H](CO)NC(=O)[C@@H]1CCCN1C(=O)[C@@H]1CCCN1C(=O)[C@H](C)NC(=O)[C@@H](N)[C@@H](C)O)C(=O)O. The average molecular weight is 753 g/mol. The van der Waals surface area contributed by atoms with Crippen LogP contribution in [0.1, 0.15) is 79.6 Å². The van der Waals surface area contributed by atoms with Gasteiger partial charge >= 0.3 is 5.97 Å². The van der Waals surface area contributed by atoms with E-state index >= 15 is 0 Å². The van der Waals surface area contributed by atoms with Crippen molar-refractivity contribution < 1.29 is 53.7 Å². The Bertz CT molecular complexity index is 1400. The Balaban J connectivity index is 1.60. The minimum Gasteiger partial charge on any atom is -0.480 e. The number of nitrogens with zero attached hydrogens (tertiary/aromatic N) is 3. The van der Waals surface area contributed by atoms with Crippen LogP contribution in [0, 0.1) is 5.92 Å². The second-order valence-electron chi connectivity index (χ2n) is 14.2. The second-order valence-corrected chi connectivity index (χ2v) is 14.2. The number of aliphatic hydroxyl groups excluding tert-OH is 2. The number of rotatable bonds is 16. The molecule has 0 radical (unpaired) electrons. The fraction of sp³-hybridized carbons (Fsp3) is 0.765. The van der Waals surface area contributed by atoms with Crippen molar-refractivity contribution in [2.75, 3.05) is 26.2 Å². The van der Waals surface area contributed by atoms with E-state index in [9.17, 15) is 53.7 Å². The fourth-order valence-corrected chi connectivity index (χ4v) is 6.94. The summed E-state index contributed by atoms with van der Waals surface area (Å²) < 4.78 is 0. The standard InChI is InChI=1S/C34H56N8O11/c1-6-17(2)26(34(52)53)39-29(47)23-11-7-13-40(23)31(49)18(3)36-27(45)21(16-43)38-28(46)22-10-8-14-41(22)33(51)24-12-9-15-42(24)32(50)19(4)37-30(48)25(35)20(5)44/h17-26,43-44H,6-16,35H2,1-5H3,(H,36,45)(H,37,48)(H,38,46)(H,39,47)(H,52,53)/t17-,18-,19-,20+,21-,22-,23-,24-,25-,26-/m0/s1. The summed E-state index contributed by atoms with van der Waals surface area (Å²) in [6.45, 7) is 7.51. The van der Waals surface area contributed by atoms with Gasteiger partial charge in [-0.05, 0) is 65.2 Å². The lowest BCUT2D eigenvalue weighted by atomic mass is 9.98. The second kappa shape index (κ2) is 19.1. The number of hydrogen-bond acceptors (Lipinski definition) is 11. The Morgan fingerprint density at radius 2 is 1.15 bits per heavy atom. The van der Waals surface area contributed by atoms with Crippen LogP contribution in [0.25, 0.3) is 0 Å². The van der Waals surface area contributed by atoms with E-state index < -0.39 is 108 Å². The zero-order chi connectivity index (χ0) is 39.7. The molecule has 19 heteroatoms. The maximum Gasteiger partial charge on any atom is 0.326 e. The molecule has 0 aromatic rings. The number of carboxylic acids is 1. The van der Waals surface area contributed by atoms with E-state index in [1.807, 2.05) is 0 Å². The molecule has 3 aliphatic heterocycles. The predicted octanol–water partition coefficient (Wildman–Crippen LogP) is -3.23. The van der Waals surface area contributed by atoms with Gasteiger partial charge in [-0.2, -0.15) is 0 Å². The number of nitrogens with two attached hydrogens (primary N) is 1. The molecule has 0 aromatic carbocycles. The summed E-state index contributed by atoms with van der Waals surface area (Å²) >= 11 is 0. The highest BCUT2D eigenvalue weighted by Gasteiger charge is 2.44. The summed E-state index contributed by atoms with van der Waals surface area (Å²) in [7, 11) is 0. The first-order valence-corrected chi connectivity index (χ1v) is 18.3. The summed E-state index contributed by atoms with van der Waals surface area (Å²) in [6, 6.07) is -8.91. The van der Waals surface area contributed by atoms with Crippen LogP contribution in [-0.2, 0) is 38.4 Å². The van der Waals surface area contributed by atoms with Crippen molar-refractivity contribution in [2.24, 2.45) is 11.7 Å². The third-order valence-electron chi connectivity index (χ3n) is 10.4. The zero-order valence-corrected chi connectivity index (χ0v) is 31.1. The third kappa shape index (κ3) is 10.4. The van der Waals surface area contributed by atoms with Crippen molar-refractivity contribution in [3.63, 3.8) is 0 Å². The van der Waals surface area contributed by atoms with Crippen molar-refractivity contribution in [1.29, 1.82) is 0 Å². The van der Waals surface area contributed by atoms with E-state index in [1.54, 1.807) is 13.8 Å². The molecule has 19 nitrogen and oxygen atoms in total. The highest BCUT2D eigenvalue weighted by molar-refractivity contribution is 5.98. The molecule has 9 N–H and O–H groups in total. The lowest BCUT2D eigenvalue weighted by Crippen LogP contribution is -2.60. The minimum atomic E-state index is -1.48. The van der Waals surface area contributed by atoms with Crippen LogP contribution < -0.4 is 27.0 Å². The molecule has 3 rings (SSSR count). The molecule has 53 heavy (non-hydrogen) atoms. The van der Waals surface area contributed by atoms with Crippen LogP contribution in [0.2, 0.25) is 0 Å². The Hall–Kier alpha value is -4.36. The molecule has 3 fully saturated rings. The first-order valence-electron chi connectivity index (χ1n) is 18.3. The van der Waals surface area contributed by atoms with Crippen molar-refractivity contribution >= 4 is 47.3 Å². The topological polar surface area (TPSA) is 281 Å². The van der Waals surface area contributed by atoms with Gasteiger partial charge in [0, 0.05) is 19.6 Å². The van der Waals surface area contributed by atoms with Crippen molar-refractivity contribution in [3.05, 3.63) is 0 Å². The maximum absolute atomic E-state index is 13.8. The molecule has 10 atom stereocenters. The van der Waals surface area contributed by atoms with Gasteiger partial charge in [-0.15, -0.1) is 0 Å². The monoisotopic (exact) mass is 752 g/mol. The van der Waals surface area contributed by atoms with Gasteiger partial charge < -0.3 is 57.0 Å². The van der Waals surface area contributed by atoms with Gasteiger partial charge in [0.2, 0.25) is 41.4 Å². The Kier molecular flexibility index (Phi) is 15.5. The van der Waals surface area contributed by atoms with E-state index in [4.69, 9.17) is 5.73 Å². The van der Waals surface area contributed by atoms with Crippen LogP contribution in [0.5, 0.6) is 0 Å². The van der Waals surface area contributed by atoms with Crippen LogP contribution in [-0.4, -0.2) is 158 Å². The molecule has 0 aromatic heterocycles. The number of nitrogens with one attached hydrogen (secondary N) is 4. The highest BCUT2D eigenvalue weighted by Crippen LogP contribution is 2.26. The number of carbonyl (C=O) groups excluding carboxylic acids is 7. The smallest absolute Gasteiger partial charge is 0.326 e. The van der Waals surface area contributed by atoms with E-state index in [0.717, 1.165) is 0 Å². The average Bonchev–Trinajstić information content (AvgIpc) is 3.92. The molecule has 0 bridgehead atoms. The lowest BCUT2D eigenvalue weighted by molar-refractivity contribution is -0.148. The van der Waals surface area contributed by atoms with Crippen LogP contribution >= 0.6 is 0 Å². The van der Waals surface area contributed by atoms with Gasteiger partial charge in [0.1, 0.15) is 48.3 Å². The molecular formula is C34H56N8O11. The fourth-order valence-electron chi connectivity index (χ4n) is 6.94. The maximum atomic E-state index is 13.8. The van der Waals surface area contributed by atoms with Gasteiger partial charge in [0.15, 0.2) is 0 Å². The largest absolute Gasteiger partial charge is 0.480 e.